The molecule has 0 saturated carbocycles. The van der Waals surface area contributed by atoms with Crippen LogP contribution in [0, 0.1) is 25.7 Å². The molecular formula is C19H28N2O2. The second-order valence-electron chi connectivity index (χ2n) is 7.12. The van der Waals surface area contributed by atoms with Gasteiger partial charge in [0.05, 0.1) is 0 Å². The molecule has 0 radical (unpaired) electrons. The topological polar surface area (TPSA) is 49.4 Å². The van der Waals surface area contributed by atoms with Gasteiger partial charge in [0, 0.05) is 31.1 Å². The lowest BCUT2D eigenvalue weighted by Gasteiger charge is -2.31. The maximum Gasteiger partial charge on any atom is 0.227 e. The Morgan fingerprint density at radius 1 is 1.13 bits per heavy atom. The number of carbonyl (C=O) groups excluding carboxylic acids is 2. The predicted molar refractivity (Wildman–Crippen MR) is 93.3 cm³/mol. The van der Waals surface area contributed by atoms with Crippen LogP contribution in [0.15, 0.2) is 18.2 Å². The van der Waals surface area contributed by atoms with Gasteiger partial charge >= 0.3 is 0 Å². The minimum absolute atomic E-state index is 0.00100. The molecule has 1 N–H and O–H groups in total. The van der Waals surface area contributed by atoms with Gasteiger partial charge in [-0.2, -0.15) is 0 Å². The van der Waals surface area contributed by atoms with Crippen molar-refractivity contribution >= 4 is 17.5 Å². The van der Waals surface area contributed by atoms with Crippen molar-refractivity contribution in [3.05, 3.63) is 29.3 Å². The van der Waals surface area contributed by atoms with E-state index in [2.05, 4.69) is 25.2 Å². The molecule has 1 heterocycles. The van der Waals surface area contributed by atoms with Crippen LogP contribution in [0.2, 0.25) is 0 Å². The molecular weight excluding hydrogens is 288 g/mol. The van der Waals surface area contributed by atoms with E-state index >= 15 is 0 Å². The first-order valence-electron chi connectivity index (χ1n) is 8.52. The summed E-state index contributed by atoms with van der Waals surface area (Å²) in [6.07, 6.45) is 2.10. The second-order valence-corrected chi connectivity index (χ2v) is 7.12. The molecule has 2 amide bonds. The number of rotatable bonds is 4. The smallest absolute Gasteiger partial charge is 0.227 e. The summed E-state index contributed by atoms with van der Waals surface area (Å²) in [5.74, 6) is 0.672. The van der Waals surface area contributed by atoms with Gasteiger partial charge in [0.1, 0.15) is 0 Å². The number of hydrogen-bond donors (Lipinski definition) is 1. The molecule has 1 fully saturated rings. The van der Waals surface area contributed by atoms with Crippen LogP contribution in [0.25, 0.3) is 0 Å². The first-order valence-corrected chi connectivity index (χ1v) is 8.52. The molecule has 0 bridgehead atoms. The number of likely N-dealkylation sites (tertiary alicyclic amines) is 1. The van der Waals surface area contributed by atoms with Gasteiger partial charge in [-0.3, -0.25) is 9.59 Å². The number of carbonyl (C=O) groups is 2. The first-order chi connectivity index (χ1) is 10.8. The zero-order chi connectivity index (χ0) is 17.0. The highest BCUT2D eigenvalue weighted by atomic mass is 16.2. The standard InChI is InChI=1S/C19H28N2O2/c1-13(2)9-18(22)21-7-5-16(6-8-21)19(23)20-17-11-14(3)10-15(4)12-17/h10-13,16H,5-9H2,1-4H3,(H,20,23). The Bertz CT molecular complexity index is 552. The zero-order valence-electron chi connectivity index (χ0n) is 14.7. The van der Waals surface area contributed by atoms with E-state index in [1.807, 2.05) is 30.9 Å². The predicted octanol–water partition coefficient (Wildman–Crippen LogP) is 3.53. The molecule has 0 aliphatic carbocycles. The normalized spacial score (nSPS) is 15.8. The third-order valence-electron chi connectivity index (χ3n) is 4.29. The molecule has 0 spiro atoms. The molecule has 23 heavy (non-hydrogen) atoms. The molecule has 1 aromatic carbocycles. The van der Waals surface area contributed by atoms with Crippen molar-refractivity contribution in [2.24, 2.45) is 11.8 Å². The number of nitrogens with one attached hydrogen (secondary N) is 1. The molecule has 126 valence electrons. The van der Waals surface area contributed by atoms with Crippen molar-refractivity contribution in [2.45, 2.75) is 47.0 Å². The van der Waals surface area contributed by atoms with Gasteiger partial charge < -0.3 is 10.2 Å². The Hall–Kier alpha value is -1.84. The third kappa shape index (κ3) is 5.08. The molecule has 1 aliphatic heterocycles. The summed E-state index contributed by atoms with van der Waals surface area (Å²) in [5, 5.41) is 3.03. The summed E-state index contributed by atoms with van der Waals surface area (Å²) in [6, 6.07) is 6.08. The fraction of sp³-hybridized carbons (Fsp3) is 0.579. The highest BCUT2D eigenvalue weighted by molar-refractivity contribution is 5.93. The van der Waals surface area contributed by atoms with Crippen LogP contribution in [-0.2, 0) is 9.59 Å². The molecule has 0 aromatic heterocycles. The van der Waals surface area contributed by atoms with Crippen LogP contribution in [-0.4, -0.2) is 29.8 Å². The summed E-state index contributed by atoms with van der Waals surface area (Å²) >= 11 is 0. The Morgan fingerprint density at radius 3 is 2.22 bits per heavy atom. The van der Waals surface area contributed by atoms with Crippen molar-refractivity contribution in [3.63, 3.8) is 0 Å². The molecule has 1 saturated heterocycles. The first kappa shape index (κ1) is 17.5. The van der Waals surface area contributed by atoms with Gasteiger partial charge in [-0.25, -0.2) is 0 Å². The third-order valence-corrected chi connectivity index (χ3v) is 4.29. The van der Waals surface area contributed by atoms with E-state index in [1.54, 1.807) is 0 Å². The summed E-state index contributed by atoms with van der Waals surface area (Å²) in [5.41, 5.74) is 3.16. The Labute approximate surface area is 139 Å². The van der Waals surface area contributed by atoms with Crippen LogP contribution < -0.4 is 5.32 Å². The highest BCUT2D eigenvalue weighted by Gasteiger charge is 2.27. The number of benzene rings is 1. The Balaban J connectivity index is 1.87. The minimum atomic E-state index is -0.00100. The number of piperidine rings is 1. The van der Waals surface area contributed by atoms with Gasteiger partial charge in [0.25, 0.3) is 0 Å². The monoisotopic (exact) mass is 316 g/mol. The number of aryl methyl sites for hydroxylation is 2. The Kier molecular flexibility index (Phi) is 5.80. The molecule has 4 heteroatoms. The van der Waals surface area contributed by atoms with Crippen molar-refractivity contribution in [3.8, 4) is 0 Å². The lowest BCUT2D eigenvalue weighted by molar-refractivity contribution is -0.135. The van der Waals surface area contributed by atoms with Crippen LogP contribution in [0.3, 0.4) is 0 Å². The van der Waals surface area contributed by atoms with Crippen LogP contribution in [0.5, 0.6) is 0 Å². The molecule has 1 aromatic rings. The van der Waals surface area contributed by atoms with Crippen molar-refractivity contribution in [1.29, 1.82) is 0 Å². The number of hydrogen-bond acceptors (Lipinski definition) is 2. The lowest BCUT2D eigenvalue weighted by Crippen LogP contribution is -2.41. The van der Waals surface area contributed by atoms with E-state index in [4.69, 9.17) is 0 Å². The summed E-state index contributed by atoms with van der Waals surface area (Å²) in [7, 11) is 0. The van der Waals surface area contributed by atoms with Crippen LogP contribution in [0.4, 0.5) is 5.69 Å². The molecule has 1 aliphatic rings. The maximum atomic E-state index is 12.4. The van der Waals surface area contributed by atoms with Crippen molar-refractivity contribution < 1.29 is 9.59 Å². The van der Waals surface area contributed by atoms with E-state index in [9.17, 15) is 9.59 Å². The zero-order valence-corrected chi connectivity index (χ0v) is 14.7. The summed E-state index contributed by atoms with van der Waals surface area (Å²) < 4.78 is 0. The second kappa shape index (κ2) is 7.62. The average Bonchev–Trinajstić information content (AvgIpc) is 2.45. The maximum absolute atomic E-state index is 12.4. The fourth-order valence-corrected chi connectivity index (χ4v) is 3.16. The quantitative estimate of drug-likeness (QED) is 0.924. The number of anilines is 1. The van der Waals surface area contributed by atoms with E-state index < -0.39 is 0 Å². The summed E-state index contributed by atoms with van der Waals surface area (Å²) in [4.78, 5) is 26.4. The highest BCUT2D eigenvalue weighted by Crippen LogP contribution is 2.21. The lowest BCUT2D eigenvalue weighted by atomic mass is 9.95. The van der Waals surface area contributed by atoms with Gasteiger partial charge in [0.15, 0.2) is 0 Å². The molecule has 4 nitrogen and oxygen atoms in total. The van der Waals surface area contributed by atoms with Gasteiger partial charge in [0.2, 0.25) is 11.8 Å². The van der Waals surface area contributed by atoms with E-state index in [0.29, 0.717) is 25.4 Å². The van der Waals surface area contributed by atoms with E-state index in [-0.39, 0.29) is 17.7 Å². The van der Waals surface area contributed by atoms with E-state index in [1.165, 1.54) is 0 Å². The van der Waals surface area contributed by atoms with Crippen LogP contribution >= 0.6 is 0 Å². The number of amides is 2. The van der Waals surface area contributed by atoms with E-state index in [0.717, 1.165) is 29.7 Å². The molecule has 0 atom stereocenters. The molecule has 0 unspecified atom stereocenters. The van der Waals surface area contributed by atoms with Crippen LogP contribution in [0.1, 0.15) is 44.2 Å². The van der Waals surface area contributed by atoms with Gasteiger partial charge in [-0.1, -0.05) is 19.9 Å². The Morgan fingerprint density at radius 2 is 1.70 bits per heavy atom. The van der Waals surface area contributed by atoms with Crippen molar-refractivity contribution in [1.82, 2.24) is 4.90 Å². The number of nitrogens with zero attached hydrogens (tertiary/aromatic N) is 1. The van der Waals surface area contributed by atoms with Crippen molar-refractivity contribution in [2.75, 3.05) is 18.4 Å². The average molecular weight is 316 g/mol. The molecule has 2 rings (SSSR count). The fourth-order valence-electron chi connectivity index (χ4n) is 3.16. The summed E-state index contributed by atoms with van der Waals surface area (Å²) in [6.45, 7) is 9.56. The largest absolute Gasteiger partial charge is 0.343 e. The minimum Gasteiger partial charge on any atom is -0.343 e. The SMILES string of the molecule is Cc1cc(C)cc(NC(=O)C2CCN(C(=O)CC(C)C)CC2)c1. The van der Waals surface area contributed by atoms with Gasteiger partial charge in [-0.05, 0) is 55.9 Å². The van der Waals surface area contributed by atoms with Gasteiger partial charge in [-0.15, -0.1) is 0 Å².